The lowest BCUT2D eigenvalue weighted by molar-refractivity contribution is 0.155. The Morgan fingerprint density at radius 2 is 1.71 bits per heavy atom. The fourth-order valence-electron chi connectivity index (χ4n) is 0.690. The molecular weight excluding hydrogens is 188 g/mol. The molecule has 4 N–H and O–H groups in total. The maximum Gasteiger partial charge on any atom is 0.404 e. The number of primary amides is 2. The minimum atomic E-state index is -0.799. The second-order valence-corrected chi connectivity index (χ2v) is 2.41. The highest BCUT2D eigenvalue weighted by molar-refractivity contribution is 5.64. The molecule has 0 aromatic rings. The zero-order chi connectivity index (χ0) is 10.8. The molecular formula is C8H14N2O4. The lowest BCUT2D eigenvalue weighted by Gasteiger charge is -1.98. The number of amides is 2. The molecule has 6 nitrogen and oxygen atoms in total. The third-order valence-electron chi connectivity index (χ3n) is 1.25. The van der Waals surface area contributed by atoms with E-state index in [0.717, 1.165) is 6.42 Å². The molecule has 14 heavy (non-hydrogen) atoms. The number of ether oxygens (including phenoxy) is 2. The van der Waals surface area contributed by atoms with Gasteiger partial charge < -0.3 is 20.9 Å². The van der Waals surface area contributed by atoms with Crippen LogP contribution >= 0.6 is 0 Å². The van der Waals surface area contributed by atoms with Crippen LogP contribution in [0.1, 0.15) is 12.8 Å². The Hall–Kier alpha value is -1.72. The predicted octanol–water partition coefficient (Wildman–Crippen LogP) is 0.513. The van der Waals surface area contributed by atoms with Crippen molar-refractivity contribution in [2.45, 2.75) is 12.8 Å². The lowest BCUT2D eigenvalue weighted by atomic mass is 10.3. The normalized spacial score (nSPS) is 10.0. The number of allylic oxidation sites excluding steroid dienone is 1. The minimum Gasteiger partial charge on any atom is -0.450 e. The molecule has 0 aliphatic heterocycles. The second kappa shape index (κ2) is 7.90. The molecule has 0 spiro atoms. The largest absolute Gasteiger partial charge is 0.450 e. The van der Waals surface area contributed by atoms with Gasteiger partial charge in [-0.15, -0.1) is 0 Å². The van der Waals surface area contributed by atoms with Gasteiger partial charge in [-0.05, 0) is 12.8 Å². The summed E-state index contributed by atoms with van der Waals surface area (Å²) < 4.78 is 8.92. The number of hydrogen-bond donors (Lipinski definition) is 2. The van der Waals surface area contributed by atoms with Gasteiger partial charge in [-0.2, -0.15) is 0 Å². The molecule has 0 rings (SSSR count). The van der Waals surface area contributed by atoms with Crippen LogP contribution in [-0.2, 0) is 9.47 Å². The van der Waals surface area contributed by atoms with Crippen LogP contribution in [0.25, 0.3) is 0 Å². The lowest BCUT2D eigenvalue weighted by Crippen LogP contribution is -2.13. The minimum absolute atomic E-state index is 0.159. The summed E-state index contributed by atoms with van der Waals surface area (Å²) in [5, 5.41) is 0. The Morgan fingerprint density at radius 1 is 1.07 bits per heavy atom. The summed E-state index contributed by atoms with van der Waals surface area (Å²) in [7, 11) is 0. The molecule has 6 heteroatoms. The Kier molecular flexibility index (Phi) is 6.93. The predicted molar refractivity (Wildman–Crippen MR) is 49.4 cm³/mol. The first kappa shape index (κ1) is 12.3. The van der Waals surface area contributed by atoms with E-state index in [1.54, 1.807) is 12.2 Å². The van der Waals surface area contributed by atoms with Crippen LogP contribution in [0.4, 0.5) is 9.59 Å². The summed E-state index contributed by atoms with van der Waals surface area (Å²) in [5.74, 6) is 0. The molecule has 0 saturated heterocycles. The smallest absolute Gasteiger partial charge is 0.404 e. The summed E-state index contributed by atoms with van der Waals surface area (Å²) in [6, 6.07) is 0. The van der Waals surface area contributed by atoms with Gasteiger partial charge in [0, 0.05) is 0 Å². The first-order valence-corrected chi connectivity index (χ1v) is 4.12. The van der Waals surface area contributed by atoms with E-state index in [4.69, 9.17) is 11.5 Å². The van der Waals surface area contributed by atoms with E-state index in [9.17, 15) is 9.59 Å². The van der Waals surface area contributed by atoms with Gasteiger partial charge in [0.05, 0.1) is 6.61 Å². The molecule has 0 heterocycles. The van der Waals surface area contributed by atoms with Crippen molar-refractivity contribution >= 4 is 12.2 Å². The standard InChI is InChI=1S/C8H14N2O4/c9-7(11)13-5-3-1-2-4-6-14-8(10)12/h1,3H,2,4-6H2,(H2,9,11)(H2,10,12). The summed E-state index contributed by atoms with van der Waals surface area (Å²) in [5.41, 5.74) is 9.46. The van der Waals surface area contributed by atoms with Crippen molar-refractivity contribution in [2.75, 3.05) is 13.2 Å². The van der Waals surface area contributed by atoms with E-state index >= 15 is 0 Å². The maximum absolute atomic E-state index is 10.1. The van der Waals surface area contributed by atoms with Gasteiger partial charge in [-0.3, -0.25) is 0 Å². The summed E-state index contributed by atoms with van der Waals surface area (Å²) in [6.45, 7) is 0.447. The van der Waals surface area contributed by atoms with Crippen molar-refractivity contribution in [1.29, 1.82) is 0 Å². The van der Waals surface area contributed by atoms with E-state index in [1.165, 1.54) is 0 Å². The number of nitrogens with two attached hydrogens (primary N) is 2. The maximum atomic E-state index is 10.1. The van der Waals surface area contributed by atoms with Crippen molar-refractivity contribution < 1.29 is 19.1 Å². The van der Waals surface area contributed by atoms with E-state index in [0.29, 0.717) is 6.42 Å². The van der Waals surface area contributed by atoms with E-state index in [-0.39, 0.29) is 13.2 Å². The number of carbonyl (C=O) groups is 2. The monoisotopic (exact) mass is 202 g/mol. The third kappa shape index (κ3) is 10.3. The Balaban J connectivity index is 3.19. The van der Waals surface area contributed by atoms with E-state index < -0.39 is 12.2 Å². The van der Waals surface area contributed by atoms with Crippen LogP contribution < -0.4 is 11.5 Å². The van der Waals surface area contributed by atoms with Crippen molar-refractivity contribution in [1.82, 2.24) is 0 Å². The van der Waals surface area contributed by atoms with Gasteiger partial charge in [0.15, 0.2) is 0 Å². The van der Waals surface area contributed by atoms with Gasteiger partial charge >= 0.3 is 12.2 Å². The van der Waals surface area contributed by atoms with Crippen LogP contribution in [0.3, 0.4) is 0 Å². The fraction of sp³-hybridized carbons (Fsp3) is 0.500. The first-order chi connectivity index (χ1) is 6.63. The highest BCUT2D eigenvalue weighted by Crippen LogP contribution is 1.92. The molecule has 0 atom stereocenters. The Labute approximate surface area is 81.8 Å². The summed E-state index contributed by atoms with van der Waals surface area (Å²) in [4.78, 5) is 20.2. The van der Waals surface area contributed by atoms with E-state index in [1.807, 2.05) is 0 Å². The van der Waals surface area contributed by atoms with Crippen LogP contribution in [0, 0.1) is 0 Å². The number of rotatable bonds is 6. The van der Waals surface area contributed by atoms with Crippen molar-refractivity contribution in [3.05, 3.63) is 12.2 Å². The molecule has 0 aromatic heterocycles. The van der Waals surface area contributed by atoms with E-state index in [2.05, 4.69) is 9.47 Å². The fourth-order valence-corrected chi connectivity index (χ4v) is 0.690. The van der Waals surface area contributed by atoms with Crippen LogP contribution in [-0.4, -0.2) is 25.4 Å². The molecule has 0 radical (unpaired) electrons. The number of hydrogen-bond acceptors (Lipinski definition) is 4. The first-order valence-electron chi connectivity index (χ1n) is 4.12. The second-order valence-electron chi connectivity index (χ2n) is 2.41. The van der Waals surface area contributed by atoms with Crippen molar-refractivity contribution in [2.24, 2.45) is 11.5 Å². The molecule has 80 valence electrons. The quantitative estimate of drug-likeness (QED) is 0.483. The zero-order valence-corrected chi connectivity index (χ0v) is 7.77. The molecule has 0 fully saturated rings. The average molecular weight is 202 g/mol. The molecule has 0 aliphatic rings. The van der Waals surface area contributed by atoms with Gasteiger partial charge in [0.2, 0.25) is 0 Å². The van der Waals surface area contributed by atoms with Gasteiger partial charge in [-0.25, -0.2) is 9.59 Å². The summed E-state index contributed by atoms with van der Waals surface area (Å²) >= 11 is 0. The topological polar surface area (TPSA) is 105 Å². The van der Waals surface area contributed by atoms with Gasteiger partial charge in [0.25, 0.3) is 0 Å². The molecule has 0 aliphatic carbocycles. The third-order valence-corrected chi connectivity index (χ3v) is 1.25. The number of carbonyl (C=O) groups excluding carboxylic acids is 2. The van der Waals surface area contributed by atoms with Gasteiger partial charge in [-0.1, -0.05) is 12.2 Å². The van der Waals surface area contributed by atoms with Gasteiger partial charge in [0.1, 0.15) is 6.61 Å². The average Bonchev–Trinajstić information content (AvgIpc) is 2.08. The Bertz CT molecular complexity index is 215. The molecule has 0 unspecified atom stereocenters. The number of unbranched alkanes of at least 4 members (excludes halogenated alkanes) is 1. The molecule has 0 saturated carbocycles. The highest BCUT2D eigenvalue weighted by Gasteiger charge is 1.91. The molecule has 0 aromatic carbocycles. The molecule has 2 amide bonds. The SMILES string of the molecule is NC(=O)OCC=CCCCOC(N)=O. The Morgan fingerprint density at radius 3 is 2.29 bits per heavy atom. The van der Waals surface area contributed by atoms with Crippen molar-refractivity contribution in [3.8, 4) is 0 Å². The highest BCUT2D eigenvalue weighted by atomic mass is 16.5. The van der Waals surface area contributed by atoms with Crippen molar-refractivity contribution in [3.63, 3.8) is 0 Å². The van der Waals surface area contributed by atoms with Crippen LogP contribution in [0.15, 0.2) is 12.2 Å². The zero-order valence-electron chi connectivity index (χ0n) is 7.77. The van der Waals surface area contributed by atoms with Crippen LogP contribution in [0.2, 0.25) is 0 Å². The summed E-state index contributed by atoms with van der Waals surface area (Å²) in [6.07, 6.45) is 3.28. The molecule has 0 bridgehead atoms. The van der Waals surface area contributed by atoms with Crippen LogP contribution in [0.5, 0.6) is 0 Å².